The van der Waals surface area contributed by atoms with E-state index < -0.39 is 0 Å². The van der Waals surface area contributed by atoms with Gasteiger partial charge in [0, 0.05) is 19.3 Å². The van der Waals surface area contributed by atoms with Gasteiger partial charge in [0.05, 0.1) is 23.4 Å². The number of aromatic amines is 1. The molecule has 1 atom stereocenters. The molecule has 0 aliphatic carbocycles. The monoisotopic (exact) mass is 308 g/mol. The van der Waals surface area contributed by atoms with Crippen molar-refractivity contribution in [3.63, 3.8) is 0 Å². The lowest BCUT2D eigenvalue weighted by molar-refractivity contribution is 0.263. The third kappa shape index (κ3) is 2.79. The summed E-state index contributed by atoms with van der Waals surface area (Å²) in [6, 6.07) is 12.6. The summed E-state index contributed by atoms with van der Waals surface area (Å²) in [6.07, 6.45) is 5.94. The Balaban J connectivity index is 1.67. The van der Waals surface area contributed by atoms with Crippen LogP contribution in [0.1, 0.15) is 26.2 Å². The highest BCUT2D eigenvalue weighted by atomic mass is 15.3. The molecule has 120 valence electrons. The predicted molar refractivity (Wildman–Crippen MR) is 94.1 cm³/mol. The molecule has 0 saturated carbocycles. The fourth-order valence-electron chi connectivity index (χ4n) is 3.78. The summed E-state index contributed by atoms with van der Waals surface area (Å²) >= 11 is 0. The Hall–Kier alpha value is -2.07. The van der Waals surface area contributed by atoms with Crippen molar-refractivity contribution in [1.29, 1.82) is 0 Å². The first-order valence-electron chi connectivity index (χ1n) is 8.66. The first kappa shape index (κ1) is 14.5. The van der Waals surface area contributed by atoms with Gasteiger partial charge in [-0.3, -0.25) is 4.90 Å². The minimum absolute atomic E-state index is 0.865. The van der Waals surface area contributed by atoms with E-state index >= 15 is 0 Å². The lowest BCUT2D eigenvalue weighted by Crippen LogP contribution is -2.24. The molecule has 1 aliphatic rings. The van der Waals surface area contributed by atoms with Crippen molar-refractivity contribution in [2.75, 3.05) is 13.1 Å². The van der Waals surface area contributed by atoms with Gasteiger partial charge in [-0.05, 0) is 43.0 Å². The Morgan fingerprint density at radius 1 is 1.22 bits per heavy atom. The van der Waals surface area contributed by atoms with Crippen molar-refractivity contribution in [1.82, 2.24) is 19.4 Å². The van der Waals surface area contributed by atoms with Crippen LogP contribution < -0.4 is 0 Å². The van der Waals surface area contributed by atoms with E-state index in [1.807, 2.05) is 12.3 Å². The highest BCUT2D eigenvalue weighted by Gasteiger charge is 2.23. The molecule has 23 heavy (non-hydrogen) atoms. The second-order valence-electron chi connectivity index (χ2n) is 6.60. The van der Waals surface area contributed by atoms with Gasteiger partial charge in [-0.1, -0.05) is 25.5 Å². The summed E-state index contributed by atoms with van der Waals surface area (Å²) in [5, 5.41) is 0. The molecule has 3 aromatic rings. The predicted octanol–water partition coefficient (Wildman–Crippen LogP) is 4.11. The Kier molecular flexibility index (Phi) is 3.92. The van der Waals surface area contributed by atoms with Gasteiger partial charge < -0.3 is 9.55 Å². The number of rotatable bonds is 5. The maximum atomic E-state index is 4.86. The molecule has 0 bridgehead atoms. The zero-order valence-corrected chi connectivity index (χ0v) is 13.7. The minimum Gasteiger partial charge on any atom is -0.359 e. The van der Waals surface area contributed by atoms with Crippen LogP contribution >= 0.6 is 0 Å². The molecule has 4 rings (SSSR count). The molecular weight excluding hydrogens is 284 g/mol. The van der Waals surface area contributed by atoms with E-state index in [4.69, 9.17) is 4.98 Å². The Labute approximate surface area is 137 Å². The maximum absolute atomic E-state index is 4.86. The third-order valence-electron chi connectivity index (χ3n) is 4.90. The van der Waals surface area contributed by atoms with Gasteiger partial charge in [0.25, 0.3) is 0 Å². The van der Waals surface area contributed by atoms with Crippen molar-refractivity contribution in [3.05, 3.63) is 42.6 Å². The SMILES string of the molecule is CCCC1CCN(Cn2c(-c3ccc[nH]3)nc3ccccc32)C1. The topological polar surface area (TPSA) is 36.9 Å². The summed E-state index contributed by atoms with van der Waals surface area (Å²) in [5.74, 6) is 1.90. The molecule has 1 unspecified atom stereocenters. The largest absolute Gasteiger partial charge is 0.359 e. The number of hydrogen-bond donors (Lipinski definition) is 1. The average Bonchev–Trinajstić information content (AvgIpc) is 3.29. The van der Waals surface area contributed by atoms with Crippen LogP contribution in [0.15, 0.2) is 42.6 Å². The molecule has 1 aromatic carbocycles. The quantitative estimate of drug-likeness (QED) is 0.770. The number of nitrogens with zero attached hydrogens (tertiary/aromatic N) is 3. The molecule has 1 aliphatic heterocycles. The van der Waals surface area contributed by atoms with Gasteiger partial charge in [-0.2, -0.15) is 0 Å². The van der Waals surface area contributed by atoms with Crippen LogP contribution in [0.2, 0.25) is 0 Å². The number of imidazole rings is 1. The lowest BCUT2D eigenvalue weighted by Gasteiger charge is -2.19. The maximum Gasteiger partial charge on any atom is 0.158 e. The van der Waals surface area contributed by atoms with Gasteiger partial charge in [-0.15, -0.1) is 0 Å². The number of nitrogens with one attached hydrogen (secondary N) is 1. The van der Waals surface area contributed by atoms with E-state index in [9.17, 15) is 0 Å². The van der Waals surface area contributed by atoms with Gasteiger partial charge in [-0.25, -0.2) is 4.98 Å². The van der Waals surface area contributed by atoms with Crippen LogP contribution in [0.5, 0.6) is 0 Å². The molecule has 2 aromatic heterocycles. The molecule has 0 radical (unpaired) electrons. The van der Waals surface area contributed by atoms with Crippen molar-refractivity contribution < 1.29 is 0 Å². The molecule has 4 heteroatoms. The van der Waals surface area contributed by atoms with Crippen molar-refractivity contribution in [2.45, 2.75) is 32.9 Å². The van der Waals surface area contributed by atoms with Gasteiger partial charge in [0.2, 0.25) is 0 Å². The van der Waals surface area contributed by atoms with Gasteiger partial charge in [0.1, 0.15) is 0 Å². The highest BCUT2D eigenvalue weighted by molar-refractivity contribution is 5.79. The normalized spacial score (nSPS) is 18.9. The van der Waals surface area contributed by atoms with E-state index in [-0.39, 0.29) is 0 Å². The molecule has 1 fully saturated rings. The third-order valence-corrected chi connectivity index (χ3v) is 4.90. The number of benzene rings is 1. The fraction of sp³-hybridized carbons (Fsp3) is 0.421. The van der Waals surface area contributed by atoms with Gasteiger partial charge in [0.15, 0.2) is 5.82 Å². The van der Waals surface area contributed by atoms with Crippen molar-refractivity contribution in [2.24, 2.45) is 5.92 Å². The number of fused-ring (bicyclic) bond motifs is 1. The zero-order chi connectivity index (χ0) is 15.6. The molecule has 0 amide bonds. The smallest absolute Gasteiger partial charge is 0.158 e. The van der Waals surface area contributed by atoms with Crippen LogP contribution in [0, 0.1) is 5.92 Å². The Morgan fingerprint density at radius 3 is 2.96 bits per heavy atom. The summed E-state index contributed by atoms with van der Waals surface area (Å²) in [7, 11) is 0. The van der Waals surface area contributed by atoms with Gasteiger partial charge >= 0.3 is 0 Å². The molecule has 0 spiro atoms. The molecule has 4 nitrogen and oxygen atoms in total. The Bertz CT molecular complexity index is 772. The first-order valence-corrected chi connectivity index (χ1v) is 8.66. The Morgan fingerprint density at radius 2 is 2.13 bits per heavy atom. The fourth-order valence-corrected chi connectivity index (χ4v) is 3.78. The van der Waals surface area contributed by atoms with Crippen molar-refractivity contribution in [3.8, 4) is 11.5 Å². The summed E-state index contributed by atoms with van der Waals surface area (Å²) in [6.45, 7) is 5.62. The molecule has 3 heterocycles. The van der Waals surface area contributed by atoms with E-state index in [0.717, 1.165) is 29.6 Å². The number of likely N-dealkylation sites (tertiary alicyclic amines) is 1. The summed E-state index contributed by atoms with van der Waals surface area (Å²) < 4.78 is 2.36. The lowest BCUT2D eigenvalue weighted by atomic mass is 10.0. The van der Waals surface area contributed by atoms with E-state index in [2.05, 4.69) is 51.7 Å². The summed E-state index contributed by atoms with van der Waals surface area (Å²) in [4.78, 5) is 10.7. The molecular formula is C19H24N4. The number of H-pyrrole nitrogens is 1. The number of aromatic nitrogens is 3. The standard InChI is InChI=1S/C19H24N4/c1-2-6-15-10-12-22(13-15)14-23-18-9-4-3-7-16(18)21-19(23)17-8-5-11-20-17/h3-5,7-9,11,15,20H,2,6,10,12-14H2,1H3. The minimum atomic E-state index is 0.865. The van der Waals surface area contributed by atoms with Crippen molar-refractivity contribution >= 4 is 11.0 Å². The second kappa shape index (κ2) is 6.20. The molecule has 1 saturated heterocycles. The van der Waals surface area contributed by atoms with Crippen LogP contribution in [-0.2, 0) is 6.67 Å². The second-order valence-corrected chi connectivity index (χ2v) is 6.60. The highest BCUT2D eigenvalue weighted by Crippen LogP contribution is 2.27. The zero-order valence-electron chi connectivity index (χ0n) is 13.7. The van der Waals surface area contributed by atoms with Crippen LogP contribution in [0.4, 0.5) is 0 Å². The van der Waals surface area contributed by atoms with Crippen LogP contribution in [-0.4, -0.2) is 32.5 Å². The average molecular weight is 308 g/mol. The van der Waals surface area contributed by atoms with E-state index in [1.165, 1.54) is 37.9 Å². The number of hydrogen-bond acceptors (Lipinski definition) is 2. The summed E-state index contributed by atoms with van der Waals surface area (Å²) in [5.41, 5.74) is 3.38. The number of para-hydroxylation sites is 2. The van der Waals surface area contributed by atoms with Crippen LogP contribution in [0.3, 0.4) is 0 Å². The van der Waals surface area contributed by atoms with E-state index in [1.54, 1.807) is 0 Å². The van der Waals surface area contributed by atoms with Crippen LogP contribution in [0.25, 0.3) is 22.6 Å². The molecule has 1 N–H and O–H groups in total. The first-order chi connectivity index (χ1) is 11.3. The van der Waals surface area contributed by atoms with E-state index in [0.29, 0.717) is 0 Å².